The van der Waals surface area contributed by atoms with Crippen molar-refractivity contribution in [3.8, 4) is 5.75 Å². The molecule has 4 heteroatoms. The monoisotopic (exact) mass is 232 g/mol. The van der Waals surface area contributed by atoms with Gasteiger partial charge in [0.15, 0.2) is 0 Å². The fraction of sp³-hybridized carbons (Fsp3) is 0.455. The van der Waals surface area contributed by atoms with Gasteiger partial charge in [0, 0.05) is 17.0 Å². The van der Waals surface area contributed by atoms with Gasteiger partial charge in [-0.2, -0.15) is 0 Å². The Balaban J connectivity index is 2.77. The van der Waals surface area contributed by atoms with Crippen LogP contribution in [0.4, 0.5) is 4.39 Å². The quantitative estimate of drug-likeness (QED) is 0.791. The first kappa shape index (κ1) is 12.3. The molecule has 0 amide bonds. The van der Waals surface area contributed by atoms with E-state index in [-0.39, 0.29) is 0 Å². The van der Waals surface area contributed by atoms with Crippen molar-refractivity contribution in [2.24, 2.45) is 0 Å². The number of halogens is 2. The maximum absolute atomic E-state index is 11.9. The van der Waals surface area contributed by atoms with Gasteiger partial charge in [-0.15, -0.1) is 0 Å². The van der Waals surface area contributed by atoms with Gasteiger partial charge >= 0.3 is 0 Å². The third kappa shape index (κ3) is 3.68. The molecule has 1 rings (SSSR count). The minimum atomic E-state index is -0.649. The number of hydrogen-bond donors (Lipinski definition) is 1. The van der Waals surface area contributed by atoms with Gasteiger partial charge < -0.3 is 9.84 Å². The van der Waals surface area contributed by atoms with Gasteiger partial charge in [0.25, 0.3) is 0 Å². The summed E-state index contributed by atoms with van der Waals surface area (Å²) in [5.41, 5.74) is 0.626. The van der Waals surface area contributed by atoms with Crippen molar-refractivity contribution in [3.63, 3.8) is 0 Å². The highest BCUT2D eigenvalue weighted by Gasteiger charge is 2.09. The van der Waals surface area contributed by atoms with Crippen LogP contribution in [0.5, 0.6) is 5.75 Å². The molecule has 15 heavy (non-hydrogen) atoms. The Kier molecular flexibility index (Phi) is 4.85. The van der Waals surface area contributed by atoms with Gasteiger partial charge in [-0.3, -0.25) is 4.39 Å². The van der Waals surface area contributed by atoms with Gasteiger partial charge in [0.2, 0.25) is 0 Å². The summed E-state index contributed by atoms with van der Waals surface area (Å²) in [6, 6.07) is 5.01. The highest BCUT2D eigenvalue weighted by atomic mass is 35.5. The summed E-state index contributed by atoms with van der Waals surface area (Å²) >= 11 is 5.80. The number of hydrogen-bond acceptors (Lipinski definition) is 2. The van der Waals surface area contributed by atoms with E-state index in [4.69, 9.17) is 16.3 Å². The molecule has 0 fully saturated rings. The Morgan fingerprint density at radius 3 is 2.87 bits per heavy atom. The Morgan fingerprint density at radius 2 is 2.27 bits per heavy atom. The van der Waals surface area contributed by atoms with Crippen molar-refractivity contribution in [2.45, 2.75) is 19.4 Å². The predicted molar refractivity (Wildman–Crippen MR) is 58.2 cm³/mol. The molecule has 0 aliphatic rings. The Bertz CT molecular complexity index is 315. The van der Waals surface area contributed by atoms with Crippen molar-refractivity contribution in [1.29, 1.82) is 0 Å². The summed E-state index contributed by atoms with van der Waals surface area (Å²) in [6.07, 6.45) is -0.300. The first-order valence-electron chi connectivity index (χ1n) is 4.81. The summed E-state index contributed by atoms with van der Waals surface area (Å²) in [5, 5.41) is 10.0. The SMILES string of the molecule is C[C@@H](O)c1cc(Cl)ccc1OCCCF. The lowest BCUT2D eigenvalue weighted by atomic mass is 10.1. The summed E-state index contributed by atoms with van der Waals surface area (Å²) in [4.78, 5) is 0. The van der Waals surface area contributed by atoms with Crippen LogP contribution < -0.4 is 4.74 Å². The molecule has 0 bridgehead atoms. The van der Waals surface area contributed by atoms with E-state index in [0.29, 0.717) is 29.4 Å². The van der Waals surface area contributed by atoms with Crippen molar-refractivity contribution >= 4 is 11.6 Å². The number of aliphatic hydroxyl groups excluding tert-OH is 1. The summed E-state index contributed by atoms with van der Waals surface area (Å²) in [5.74, 6) is 0.558. The fourth-order valence-electron chi connectivity index (χ4n) is 1.21. The van der Waals surface area contributed by atoms with Gasteiger partial charge in [-0.05, 0) is 25.1 Å². The zero-order chi connectivity index (χ0) is 11.3. The second-order valence-corrected chi connectivity index (χ2v) is 3.69. The van der Waals surface area contributed by atoms with Crippen LogP contribution in [-0.2, 0) is 0 Å². The molecule has 1 N–H and O–H groups in total. The van der Waals surface area contributed by atoms with Crippen LogP contribution in [-0.4, -0.2) is 18.4 Å². The number of benzene rings is 1. The number of ether oxygens (including phenoxy) is 1. The van der Waals surface area contributed by atoms with Gasteiger partial charge in [-0.1, -0.05) is 11.6 Å². The third-order valence-corrected chi connectivity index (χ3v) is 2.19. The second kappa shape index (κ2) is 5.93. The molecule has 2 nitrogen and oxygen atoms in total. The molecule has 1 atom stereocenters. The van der Waals surface area contributed by atoms with Crippen molar-refractivity contribution in [1.82, 2.24) is 0 Å². The second-order valence-electron chi connectivity index (χ2n) is 3.25. The van der Waals surface area contributed by atoms with E-state index in [2.05, 4.69) is 0 Å². The molecule has 0 saturated carbocycles. The predicted octanol–water partition coefficient (Wildman–Crippen LogP) is 3.13. The third-order valence-electron chi connectivity index (χ3n) is 1.96. The van der Waals surface area contributed by atoms with E-state index in [1.165, 1.54) is 0 Å². The molecule has 1 aromatic rings. The lowest BCUT2D eigenvalue weighted by Crippen LogP contribution is -2.02. The largest absolute Gasteiger partial charge is 0.493 e. The molecule has 0 aliphatic carbocycles. The van der Waals surface area contributed by atoms with E-state index >= 15 is 0 Å². The zero-order valence-electron chi connectivity index (χ0n) is 8.54. The smallest absolute Gasteiger partial charge is 0.125 e. The zero-order valence-corrected chi connectivity index (χ0v) is 9.30. The highest BCUT2D eigenvalue weighted by Crippen LogP contribution is 2.28. The molecule has 0 unspecified atom stereocenters. The normalized spacial score (nSPS) is 12.5. The van der Waals surface area contributed by atoms with E-state index < -0.39 is 12.8 Å². The number of alkyl halides is 1. The maximum Gasteiger partial charge on any atom is 0.125 e. The molecule has 0 spiro atoms. The van der Waals surface area contributed by atoms with Crippen LogP contribution in [0.25, 0.3) is 0 Å². The number of rotatable bonds is 5. The fourth-order valence-corrected chi connectivity index (χ4v) is 1.39. The standard InChI is InChI=1S/C11H14ClFO2/c1-8(14)10-7-9(12)3-4-11(10)15-6-2-5-13/h3-4,7-8,14H,2,5-6H2,1H3/t8-/m1/s1. The summed E-state index contributed by atoms with van der Waals surface area (Å²) in [6.45, 7) is 1.53. The van der Waals surface area contributed by atoms with E-state index in [0.717, 1.165) is 0 Å². The van der Waals surface area contributed by atoms with Crippen LogP contribution in [0, 0.1) is 0 Å². The maximum atomic E-state index is 11.9. The van der Waals surface area contributed by atoms with Crippen molar-refractivity contribution in [2.75, 3.05) is 13.3 Å². The molecule has 0 saturated heterocycles. The average molecular weight is 233 g/mol. The molecule has 0 radical (unpaired) electrons. The van der Waals surface area contributed by atoms with Gasteiger partial charge in [0.05, 0.1) is 19.4 Å². The van der Waals surface area contributed by atoms with Crippen LogP contribution in [0.2, 0.25) is 5.02 Å². The van der Waals surface area contributed by atoms with Crippen molar-refractivity contribution in [3.05, 3.63) is 28.8 Å². The first-order chi connectivity index (χ1) is 7.15. The Hall–Kier alpha value is -0.800. The molecule has 1 aromatic carbocycles. The van der Waals surface area contributed by atoms with E-state index in [9.17, 15) is 9.50 Å². The summed E-state index contributed by atoms with van der Waals surface area (Å²) < 4.78 is 17.2. The molecule has 0 heterocycles. The van der Waals surface area contributed by atoms with Crippen LogP contribution in [0.1, 0.15) is 25.0 Å². The van der Waals surface area contributed by atoms with Gasteiger partial charge in [0.1, 0.15) is 5.75 Å². The molecule has 0 aliphatic heterocycles. The first-order valence-corrected chi connectivity index (χ1v) is 5.19. The number of aliphatic hydroxyl groups is 1. The lowest BCUT2D eigenvalue weighted by molar-refractivity contribution is 0.190. The molecular weight excluding hydrogens is 219 g/mol. The van der Waals surface area contributed by atoms with Gasteiger partial charge in [-0.25, -0.2) is 0 Å². The van der Waals surface area contributed by atoms with E-state index in [1.807, 2.05) is 0 Å². The minimum absolute atomic E-state index is 0.303. The van der Waals surface area contributed by atoms with E-state index in [1.54, 1.807) is 25.1 Å². The van der Waals surface area contributed by atoms with Crippen LogP contribution in [0.15, 0.2) is 18.2 Å². The average Bonchev–Trinajstić information content (AvgIpc) is 2.20. The van der Waals surface area contributed by atoms with Crippen LogP contribution in [0.3, 0.4) is 0 Å². The Labute approximate surface area is 93.6 Å². The summed E-state index contributed by atoms with van der Waals surface area (Å²) in [7, 11) is 0. The lowest BCUT2D eigenvalue weighted by Gasteiger charge is -2.13. The minimum Gasteiger partial charge on any atom is -0.493 e. The molecule has 84 valence electrons. The van der Waals surface area contributed by atoms with Crippen LogP contribution >= 0.6 is 11.6 Å². The Morgan fingerprint density at radius 1 is 1.53 bits per heavy atom. The molecule has 0 aromatic heterocycles. The topological polar surface area (TPSA) is 29.5 Å². The highest BCUT2D eigenvalue weighted by molar-refractivity contribution is 6.30. The van der Waals surface area contributed by atoms with Crippen molar-refractivity contribution < 1.29 is 14.2 Å². The molecular formula is C11H14ClFO2.